The van der Waals surface area contributed by atoms with Crippen LogP contribution in [0.1, 0.15) is 25.5 Å². The summed E-state index contributed by atoms with van der Waals surface area (Å²) >= 11 is 0. The number of hydrogen-bond donors (Lipinski definition) is 2. The van der Waals surface area contributed by atoms with E-state index < -0.39 is 0 Å². The van der Waals surface area contributed by atoms with E-state index in [1.165, 1.54) is 18.5 Å². The molecule has 0 aliphatic rings. The van der Waals surface area contributed by atoms with Crippen LogP contribution in [0.25, 0.3) is 0 Å². The lowest BCUT2D eigenvalue weighted by atomic mass is 10.2. The van der Waals surface area contributed by atoms with Crippen LogP contribution in [0, 0.1) is 0 Å². The second-order valence-corrected chi connectivity index (χ2v) is 2.61. The largest absolute Gasteiger partial charge is 0.359 e. The molecule has 0 saturated carbocycles. The molecular formula is C8H15N3. The molecule has 3 heteroatoms. The fraction of sp³-hybridized carbons (Fsp3) is 0.625. The van der Waals surface area contributed by atoms with Gasteiger partial charge in [0.2, 0.25) is 0 Å². The van der Waals surface area contributed by atoms with Gasteiger partial charge in [0.25, 0.3) is 0 Å². The van der Waals surface area contributed by atoms with E-state index in [-0.39, 0.29) is 0 Å². The van der Waals surface area contributed by atoms with Gasteiger partial charge in [0.15, 0.2) is 5.95 Å². The molecule has 0 unspecified atom stereocenters. The van der Waals surface area contributed by atoms with Gasteiger partial charge in [0, 0.05) is 12.7 Å². The summed E-state index contributed by atoms with van der Waals surface area (Å²) in [7, 11) is 1.86. The zero-order chi connectivity index (χ0) is 8.10. The van der Waals surface area contributed by atoms with Crippen molar-refractivity contribution < 1.29 is 0 Å². The number of aromatic amines is 1. The van der Waals surface area contributed by atoms with Crippen molar-refractivity contribution in [3.8, 4) is 0 Å². The second-order valence-electron chi connectivity index (χ2n) is 2.61. The SMILES string of the molecule is CCCCc1cnc(NC)[nH]1. The number of nitrogens with zero attached hydrogens (tertiary/aromatic N) is 1. The zero-order valence-electron chi connectivity index (χ0n) is 7.15. The van der Waals surface area contributed by atoms with Crippen molar-refractivity contribution in [2.24, 2.45) is 0 Å². The summed E-state index contributed by atoms with van der Waals surface area (Å²) in [6.07, 6.45) is 5.45. The molecule has 0 bridgehead atoms. The van der Waals surface area contributed by atoms with Gasteiger partial charge in [-0.2, -0.15) is 0 Å². The minimum atomic E-state index is 0.858. The third-order valence-electron chi connectivity index (χ3n) is 1.66. The summed E-state index contributed by atoms with van der Waals surface area (Å²) in [5.74, 6) is 0.858. The van der Waals surface area contributed by atoms with Crippen LogP contribution in [0.15, 0.2) is 6.20 Å². The van der Waals surface area contributed by atoms with Crippen molar-refractivity contribution >= 4 is 5.95 Å². The molecule has 11 heavy (non-hydrogen) atoms. The molecule has 0 fully saturated rings. The maximum atomic E-state index is 4.12. The molecule has 1 aromatic rings. The molecule has 0 aromatic carbocycles. The third kappa shape index (κ3) is 2.26. The standard InChI is InChI=1S/C8H15N3/c1-3-4-5-7-6-10-8(9-2)11-7/h6H,3-5H2,1-2H3,(H2,9,10,11). The number of aryl methyl sites for hydroxylation is 1. The van der Waals surface area contributed by atoms with Crippen molar-refractivity contribution in [3.05, 3.63) is 11.9 Å². The Balaban J connectivity index is 2.44. The van der Waals surface area contributed by atoms with E-state index in [9.17, 15) is 0 Å². The molecule has 0 saturated heterocycles. The Morgan fingerprint density at radius 3 is 3.00 bits per heavy atom. The van der Waals surface area contributed by atoms with E-state index in [4.69, 9.17) is 0 Å². The number of rotatable bonds is 4. The summed E-state index contributed by atoms with van der Waals surface area (Å²) in [4.78, 5) is 7.30. The molecule has 1 heterocycles. The highest BCUT2D eigenvalue weighted by Crippen LogP contribution is 2.04. The Labute approximate surface area is 67.2 Å². The Bertz CT molecular complexity index is 205. The van der Waals surface area contributed by atoms with Gasteiger partial charge in [-0.15, -0.1) is 0 Å². The molecule has 62 valence electrons. The first-order valence-corrected chi connectivity index (χ1v) is 4.08. The average molecular weight is 153 g/mol. The van der Waals surface area contributed by atoms with E-state index in [1.54, 1.807) is 0 Å². The summed E-state index contributed by atoms with van der Waals surface area (Å²) in [6, 6.07) is 0. The normalized spacial score (nSPS) is 10.0. The number of hydrogen-bond acceptors (Lipinski definition) is 2. The van der Waals surface area contributed by atoms with Crippen molar-refractivity contribution in [1.82, 2.24) is 9.97 Å². The first-order chi connectivity index (χ1) is 5.36. The predicted octanol–water partition coefficient (Wildman–Crippen LogP) is 1.79. The van der Waals surface area contributed by atoms with Gasteiger partial charge in [-0.05, 0) is 12.8 Å². The van der Waals surface area contributed by atoms with Crippen molar-refractivity contribution in [2.75, 3.05) is 12.4 Å². The number of H-pyrrole nitrogens is 1. The Morgan fingerprint density at radius 1 is 1.64 bits per heavy atom. The molecule has 0 spiro atoms. The van der Waals surface area contributed by atoms with Crippen LogP contribution in [0.5, 0.6) is 0 Å². The summed E-state index contributed by atoms with van der Waals surface area (Å²) in [5, 5.41) is 2.96. The first-order valence-electron chi connectivity index (χ1n) is 4.08. The quantitative estimate of drug-likeness (QED) is 0.692. The van der Waals surface area contributed by atoms with E-state index in [1.807, 2.05) is 13.2 Å². The van der Waals surface area contributed by atoms with Gasteiger partial charge in [0.1, 0.15) is 0 Å². The first kappa shape index (κ1) is 8.11. The maximum Gasteiger partial charge on any atom is 0.200 e. The molecule has 0 atom stereocenters. The summed E-state index contributed by atoms with van der Waals surface area (Å²) in [5.41, 5.74) is 1.22. The zero-order valence-corrected chi connectivity index (χ0v) is 7.15. The minimum Gasteiger partial charge on any atom is -0.359 e. The topological polar surface area (TPSA) is 40.7 Å². The van der Waals surface area contributed by atoms with Crippen LogP contribution in [-0.4, -0.2) is 17.0 Å². The van der Waals surface area contributed by atoms with Crippen LogP contribution < -0.4 is 5.32 Å². The summed E-state index contributed by atoms with van der Waals surface area (Å²) < 4.78 is 0. The Hall–Kier alpha value is -0.990. The fourth-order valence-corrected chi connectivity index (χ4v) is 0.980. The smallest absolute Gasteiger partial charge is 0.200 e. The second kappa shape index (κ2) is 4.01. The van der Waals surface area contributed by atoms with Gasteiger partial charge < -0.3 is 10.3 Å². The molecule has 0 amide bonds. The Kier molecular flexibility index (Phi) is 2.95. The number of anilines is 1. The molecule has 2 N–H and O–H groups in total. The Morgan fingerprint density at radius 2 is 2.45 bits per heavy atom. The monoisotopic (exact) mass is 153 g/mol. The lowest BCUT2D eigenvalue weighted by Gasteiger charge is -1.93. The fourth-order valence-electron chi connectivity index (χ4n) is 0.980. The van der Waals surface area contributed by atoms with Crippen LogP contribution >= 0.6 is 0 Å². The molecule has 3 nitrogen and oxygen atoms in total. The van der Waals surface area contributed by atoms with Crippen molar-refractivity contribution in [2.45, 2.75) is 26.2 Å². The number of unbranched alkanes of at least 4 members (excludes halogenated alkanes) is 1. The number of aromatic nitrogens is 2. The van der Waals surface area contributed by atoms with Crippen LogP contribution in [-0.2, 0) is 6.42 Å². The van der Waals surface area contributed by atoms with E-state index in [0.717, 1.165) is 12.4 Å². The lowest BCUT2D eigenvalue weighted by molar-refractivity contribution is 0.781. The number of imidazole rings is 1. The van der Waals surface area contributed by atoms with Crippen LogP contribution in [0.3, 0.4) is 0 Å². The van der Waals surface area contributed by atoms with Gasteiger partial charge in [-0.25, -0.2) is 4.98 Å². The predicted molar refractivity (Wildman–Crippen MR) is 46.7 cm³/mol. The summed E-state index contributed by atoms with van der Waals surface area (Å²) in [6.45, 7) is 2.19. The average Bonchev–Trinajstić information content (AvgIpc) is 2.48. The van der Waals surface area contributed by atoms with E-state index in [0.29, 0.717) is 0 Å². The highest BCUT2D eigenvalue weighted by Gasteiger charge is 1.96. The highest BCUT2D eigenvalue weighted by atomic mass is 15.1. The number of nitrogens with one attached hydrogen (secondary N) is 2. The van der Waals surface area contributed by atoms with E-state index in [2.05, 4.69) is 22.2 Å². The van der Waals surface area contributed by atoms with Crippen molar-refractivity contribution in [3.63, 3.8) is 0 Å². The van der Waals surface area contributed by atoms with Gasteiger partial charge in [-0.3, -0.25) is 0 Å². The molecule has 0 aliphatic heterocycles. The molecule has 1 rings (SSSR count). The molecule has 1 aromatic heterocycles. The maximum absolute atomic E-state index is 4.12. The van der Waals surface area contributed by atoms with Gasteiger partial charge in [0.05, 0.1) is 6.20 Å². The lowest BCUT2D eigenvalue weighted by Crippen LogP contribution is -1.90. The highest BCUT2D eigenvalue weighted by molar-refractivity contribution is 5.24. The molecule has 0 radical (unpaired) electrons. The van der Waals surface area contributed by atoms with Crippen LogP contribution in [0.4, 0.5) is 5.95 Å². The van der Waals surface area contributed by atoms with Gasteiger partial charge >= 0.3 is 0 Å². The van der Waals surface area contributed by atoms with Gasteiger partial charge in [-0.1, -0.05) is 13.3 Å². The van der Waals surface area contributed by atoms with E-state index >= 15 is 0 Å². The molecular weight excluding hydrogens is 138 g/mol. The van der Waals surface area contributed by atoms with Crippen molar-refractivity contribution in [1.29, 1.82) is 0 Å². The third-order valence-corrected chi connectivity index (χ3v) is 1.66. The van der Waals surface area contributed by atoms with Crippen LogP contribution in [0.2, 0.25) is 0 Å². The molecule has 0 aliphatic carbocycles. The minimum absolute atomic E-state index is 0.858.